The van der Waals surface area contributed by atoms with E-state index in [0.717, 1.165) is 12.8 Å². The van der Waals surface area contributed by atoms with Gasteiger partial charge in [0, 0.05) is 17.7 Å². The summed E-state index contributed by atoms with van der Waals surface area (Å²) in [4.78, 5) is 25.9. The van der Waals surface area contributed by atoms with Gasteiger partial charge in [-0.15, -0.1) is 0 Å². The first kappa shape index (κ1) is 20.1. The molecule has 3 atom stereocenters. The highest BCUT2D eigenvalue weighted by atomic mass is 16.5. The summed E-state index contributed by atoms with van der Waals surface area (Å²) in [6.07, 6.45) is 7.66. The number of hydrogen-bond acceptors (Lipinski definition) is 5. The minimum absolute atomic E-state index is 0.146. The highest BCUT2D eigenvalue weighted by molar-refractivity contribution is 6.05. The number of hydrogen-bond donors (Lipinski definition) is 2. The molecule has 1 aromatic carbocycles. The lowest BCUT2D eigenvalue weighted by atomic mass is 9.95. The van der Waals surface area contributed by atoms with Gasteiger partial charge in [-0.25, -0.2) is 0 Å². The van der Waals surface area contributed by atoms with Crippen molar-refractivity contribution >= 4 is 17.9 Å². The van der Waals surface area contributed by atoms with E-state index in [1.54, 1.807) is 36.4 Å². The first-order chi connectivity index (χ1) is 14.6. The topological polar surface area (TPSA) is 89.8 Å². The molecule has 0 unspecified atom stereocenters. The second-order valence-corrected chi connectivity index (χ2v) is 7.85. The van der Waals surface area contributed by atoms with E-state index in [2.05, 4.69) is 10.6 Å². The molecule has 1 heterocycles. The lowest BCUT2D eigenvalue weighted by Crippen LogP contribution is -2.42. The van der Waals surface area contributed by atoms with E-state index in [-0.39, 0.29) is 17.6 Å². The normalized spacial score (nSPS) is 22.6. The van der Waals surface area contributed by atoms with E-state index in [9.17, 15) is 9.59 Å². The number of methoxy groups -OCH3 is 2. The summed E-state index contributed by atoms with van der Waals surface area (Å²) in [5, 5.41) is 5.84. The zero-order valence-electron chi connectivity index (χ0n) is 17.1. The number of amides is 2. The fourth-order valence-electron chi connectivity index (χ4n) is 4.51. The van der Waals surface area contributed by atoms with Gasteiger partial charge in [0.1, 0.15) is 11.5 Å². The van der Waals surface area contributed by atoms with Crippen LogP contribution >= 0.6 is 0 Å². The Morgan fingerprint density at radius 3 is 2.57 bits per heavy atom. The van der Waals surface area contributed by atoms with Crippen molar-refractivity contribution < 1.29 is 23.5 Å². The quantitative estimate of drug-likeness (QED) is 0.683. The molecule has 2 saturated carbocycles. The number of ether oxygens (including phenoxy) is 2. The van der Waals surface area contributed by atoms with Gasteiger partial charge in [-0.05, 0) is 61.4 Å². The van der Waals surface area contributed by atoms with Gasteiger partial charge in [0.25, 0.3) is 11.8 Å². The zero-order chi connectivity index (χ0) is 21.1. The van der Waals surface area contributed by atoms with Gasteiger partial charge in [-0.1, -0.05) is 6.42 Å². The Bertz CT molecular complexity index is 951. The maximum atomic E-state index is 13.0. The van der Waals surface area contributed by atoms with E-state index in [1.165, 1.54) is 33.3 Å². The standard InChI is InChI=1S/C23H26N2O5/c1-28-20-8-7-16(12-21(20)29-2)22(26)25-19(13-17-4-3-9-30-17)23(27)24-18-11-14-5-6-15(18)10-14/h3-4,7-9,12-15,18H,5-6,10-11H2,1-2H3,(H,24,27)(H,25,26)/b19-13-/t14-,15-,18-/m0/s1. The van der Waals surface area contributed by atoms with E-state index in [1.807, 2.05) is 0 Å². The molecule has 7 heteroatoms. The molecule has 2 aromatic rings. The molecular formula is C23H26N2O5. The van der Waals surface area contributed by atoms with Gasteiger partial charge in [0.15, 0.2) is 11.5 Å². The van der Waals surface area contributed by atoms with E-state index < -0.39 is 5.91 Å². The lowest BCUT2D eigenvalue weighted by Gasteiger charge is -2.23. The van der Waals surface area contributed by atoms with Crippen molar-refractivity contribution in [3.63, 3.8) is 0 Å². The van der Waals surface area contributed by atoms with Crippen LogP contribution in [0.15, 0.2) is 46.7 Å². The van der Waals surface area contributed by atoms with Crippen LogP contribution in [-0.2, 0) is 4.79 Å². The third-order valence-corrected chi connectivity index (χ3v) is 6.02. The molecular weight excluding hydrogens is 384 g/mol. The minimum Gasteiger partial charge on any atom is -0.493 e. The Kier molecular flexibility index (Phi) is 5.79. The smallest absolute Gasteiger partial charge is 0.268 e. The summed E-state index contributed by atoms with van der Waals surface area (Å²) in [6, 6.07) is 8.47. The van der Waals surface area contributed by atoms with Gasteiger partial charge in [-0.2, -0.15) is 0 Å². The number of carbonyl (C=O) groups excluding carboxylic acids is 2. The predicted octanol–water partition coefficient (Wildman–Crippen LogP) is 3.37. The van der Waals surface area contributed by atoms with Crippen LogP contribution in [0.1, 0.15) is 41.8 Å². The first-order valence-corrected chi connectivity index (χ1v) is 10.2. The maximum Gasteiger partial charge on any atom is 0.268 e. The van der Waals surface area contributed by atoms with Crippen molar-refractivity contribution in [3.05, 3.63) is 53.6 Å². The second-order valence-electron chi connectivity index (χ2n) is 7.85. The molecule has 0 aliphatic heterocycles. The van der Waals surface area contributed by atoms with Crippen molar-refractivity contribution in [1.29, 1.82) is 0 Å². The fraction of sp³-hybridized carbons (Fsp3) is 0.391. The van der Waals surface area contributed by atoms with Crippen molar-refractivity contribution in [2.45, 2.75) is 31.7 Å². The Balaban J connectivity index is 1.53. The van der Waals surface area contributed by atoms with Crippen LogP contribution < -0.4 is 20.1 Å². The highest BCUT2D eigenvalue weighted by Crippen LogP contribution is 2.44. The fourth-order valence-corrected chi connectivity index (χ4v) is 4.51. The third kappa shape index (κ3) is 4.20. The molecule has 2 fully saturated rings. The predicted molar refractivity (Wildman–Crippen MR) is 111 cm³/mol. The minimum atomic E-state index is -0.420. The van der Waals surface area contributed by atoms with Crippen LogP contribution in [0.25, 0.3) is 6.08 Å². The summed E-state index contributed by atoms with van der Waals surface area (Å²) in [7, 11) is 3.03. The molecule has 2 aliphatic rings. The third-order valence-electron chi connectivity index (χ3n) is 6.02. The molecule has 0 spiro atoms. The van der Waals surface area contributed by atoms with Crippen LogP contribution in [-0.4, -0.2) is 32.1 Å². The molecule has 7 nitrogen and oxygen atoms in total. The van der Waals surface area contributed by atoms with Gasteiger partial charge in [-0.3, -0.25) is 9.59 Å². The van der Waals surface area contributed by atoms with Crippen molar-refractivity contribution in [3.8, 4) is 11.5 Å². The van der Waals surface area contributed by atoms with Gasteiger partial charge < -0.3 is 24.5 Å². The van der Waals surface area contributed by atoms with Crippen LogP contribution in [0.5, 0.6) is 11.5 Å². The SMILES string of the molecule is COc1ccc(C(=O)N/C(=C\c2ccco2)C(=O)N[C@H]2C[C@H]3CC[C@H]2C3)cc1OC. The van der Waals surface area contributed by atoms with Gasteiger partial charge in [0.05, 0.1) is 20.5 Å². The number of rotatable bonds is 7. The number of fused-ring (bicyclic) bond motifs is 2. The average molecular weight is 410 g/mol. The van der Waals surface area contributed by atoms with Crippen LogP contribution in [0, 0.1) is 11.8 Å². The molecule has 2 bridgehead atoms. The summed E-state index contributed by atoms with van der Waals surface area (Å²) < 4.78 is 15.8. The molecule has 158 valence electrons. The van der Waals surface area contributed by atoms with Crippen molar-refractivity contribution in [1.82, 2.24) is 10.6 Å². The monoisotopic (exact) mass is 410 g/mol. The molecule has 0 radical (unpaired) electrons. The molecule has 0 saturated heterocycles. The Morgan fingerprint density at radius 2 is 1.93 bits per heavy atom. The van der Waals surface area contributed by atoms with Crippen molar-refractivity contribution in [2.24, 2.45) is 11.8 Å². The first-order valence-electron chi connectivity index (χ1n) is 10.2. The maximum absolute atomic E-state index is 13.0. The van der Waals surface area contributed by atoms with Crippen molar-refractivity contribution in [2.75, 3.05) is 14.2 Å². The molecule has 2 N–H and O–H groups in total. The van der Waals surface area contributed by atoms with E-state index >= 15 is 0 Å². The molecule has 1 aromatic heterocycles. The molecule has 4 rings (SSSR count). The summed E-state index contributed by atoms with van der Waals surface area (Å²) >= 11 is 0. The van der Waals surface area contributed by atoms with Gasteiger partial charge in [0.2, 0.25) is 0 Å². The van der Waals surface area contributed by atoms with Crippen LogP contribution in [0.3, 0.4) is 0 Å². The molecule has 2 aliphatic carbocycles. The highest BCUT2D eigenvalue weighted by Gasteiger charge is 2.40. The van der Waals surface area contributed by atoms with E-state index in [4.69, 9.17) is 13.9 Å². The summed E-state index contributed by atoms with van der Waals surface area (Å²) in [5.41, 5.74) is 0.498. The number of furan rings is 1. The largest absolute Gasteiger partial charge is 0.493 e. The second kappa shape index (κ2) is 8.65. The molecule has 2 amide bonds. The van der Waals surface area contributed by atoms with Crippen LogP contribution in [0.2, 0.25) is 0 Å². The Labute approximate surface area is 175 Å². The average Bonchev–Trinajstić information content (AvgIpc) is 3.51. The van der Waals surface area contributed by atoms with Crippen LogP contribution in [0.4, 0.5) is 0 Å². The summed E-state index contributed by atoms with van der Waals surface area (Å²) in [5.74, 6) is 1.96. The Hall–Kier alpha value is -3.22. The zero-order valence-corrected chi connectivity index (χ0v) is 17.1. The number of benzene rings is 1. The van der Waals surface area contributed by atoms with E-state index in [0.29, 0.717) is 34.7 Å². The number of nitrogens with one attached hydrogen (secondary N) is 2. The Morgan fingerprint density at radius 1 is 1.10 bits per heavy atom. The number of carbonyl (C=O) groups is 2. The molecule has 30 heavy (non-hydrogen) atoms. The lowest BCUT2D eigenvalue weighted by molar-refractivity contribution is -0.118. The van der Waals surface area contributed by atoms with Gasteiger partial charge >= 0.3 is 0 Å². The summed E-state index contributed by atoms with van der Waals surface area (Å²) in [6.45, 7) is 0.